The minimum atomic E-state index is -0.322. The number of oxime groups is 2. The zero-order valence-electron chi connectivity index (χ0n) is 15.0. The molecule has 0 spiro atoms. The Bertz CT molecular complexity index is 660. The van der Waals surface area contributed by atoms with Gasteiger partial charge in [-0.2, -0.15) is 0 Å². The fraction of sp³-hybridized carbons (Fsp3) is 0.421. The average Bonchev–Trinajstić information content (AvgIpc) is 3.07. The molecule has 0 saturated heterocycles. The van der Waals surface area contributed by atoms with E-state index in [0.29, 0.717) is 18.5 Å². The van der Waals surface area contributed by atoms with Crippen molar-refractivity contribution in [2.45, 2.75) is 33.3 Å². The molecule has 2 rings (SSSR count). The second kappa shape index (κ2) is 8.46. The molecule has 1 aliphatic heterocycles. The van der Waals surface area contributed by atoms with Crippen molar-refractivity contribution in [1.29, 1.82) is 0 Å². The zero-order valence-corrected chi connectivity index (χ0v) is 15.0. The van der Waals surface area contributed by atoms with Crippen molar-refractivity contribution < 1.29 is 14.5 Å². The van der Waals surface area contributed by atoms with Gasteiger partial charge in [-0.25, -0.2) is 0 Å². The maximum absolute atomic E-state index is 12.5. The van der Waals surface area contributed by atoms with Crippen molar-refractivity contribution in [2.24, 2.45) is 15.7 Å². The maximum Gasteiger partial charge on any atom is 0.274 e. The molecule has 134 valence electrons. The molecule has 1 atom stereocenters. The van der Waals surface area contributed by atoms with Crippen LogP contribution in [0.2, 0.25) is 0 Å². The quantitative estimate of drug-likeness (QED) is 0.358. The van der Waals surface area contributed by atoms with Gasteiger partial charge in [-0.15, -0.1) is 0 Å². The highest BCUT2D eigenvalue weighted by atomic mass is 16.6. The van der Waals surface area contributed by atoms with Gasteiger partial charge in [0.2, 0.25) is 0 Å². The Labute approximate surface area is 148 Å². The van der Waals surface area contributed by atoms with Gasteiger partial charge >= 0.3 is 0 Å². The van der Waals surface area contributed by atoms with Crippen LogP contribution in [-0.2, 0) is 14.5 Å². The third-order valence-electron chi connectivity index (χ3n) is 3.76. The van der Waals surface area contributed by atoms with E-state index >= 15 is 0 Å². The molecular formula is C19H25N3O3. The Balaban J connectivity index is 1.99. The Morgan fingerprint density at radius 2 is 2.16 bits per heavy atom. The van der Waals surface area contributed by atoms with Crippen LogP contribution in [0.15, 0.2) is 53.3 Å². The number of hydrogen-bond donors (Lipinski definition) is 1. The number of nitrogens with one attached hydrogen (secondary N) is 1. The van der Waals surface area contributed by atoms with Crippen molar-refractivity contribution in [1.82, 2.24) is 5.32 Å². The van der Waals surface area contributed by atoms with Gasteiger partial charge in [0.1, 0.15) is 12.7 Å². The van der Waals surface area contributed by atoms with Crippen molar-refractivity contribution in [3.63, 3.8) is 0 Å². The minimum Gasteiger partial charge on any atom is -0.392 e. The number of hydrogen-bond acceptors (Lipinski definition) is 5. The molecule has 1 aliphatic rings. The van der Waals surface area contributed by atoms with Gasteiger partial charge in [0, 0.05) is 17.4 Å². The zero-order chi connectivity index (χ0) is 18.3. The predicted octanol–water partition coefficient (Wildman–Crippen LogP) is 2.90. The second-order valence-corrected chi connectivity index (χ2v) is 6.89. The molecule has 0 saturated carbocycles. The molecule has 0 aliphatic carbocycles. The fourth-order valence-corrected chi connectivity index (χ4v) is 2.24. The SMILES string of the molecule is C=CCO/N=C(/C(=O)NCC1=NOC(C(C)(C)C)C1)c1ccccc1. The number of carbonyl (C=O) groups is 1. The van der Waals surface area contributed by atoms with E-state index < -0.39 is 0 Å². The molecule has 1 unspecified atom stereocenters. The molecule has 1 heterocycles. The summed E-state index contributed by atoms with van der Waals surface area (Å²) in [7, 11) is 0. The average molecular weight is 343 g/mol. The molecule has 25 heavy (non-hydrogen) atoms. The van der Waals surface area contributed by atoms with E-state index in [1.165, 1.54) is 0 Å². The molecule has 1 aromatic rings. The van der Waals surface area contributed by atoms with Gasteiger partial charge in [-0.1, -0.05) is 74.1 Å². The molecular weight excluding hydrogens is 318 g/mol. The summed E-state index contributed by atoms with van der Waals surface area (Å²) in [5, 5.41) is 10.9. The number of nitrogens with zero attached hydrogens (tertiary/aromatic N) is 2. The summed E-state index contributed by atoms with van der Waals surface area (Å²) < 4.78 is 0. The first-order valence-corrected chi connectivity index (χ1v) is 8.28. The van der Waals surface area contributed by atoms with Gasteiger partial charge in [-0.05, 0) is 0 Å². The summed E-state index contributed by atoms with van der Waals surface area (Å²) in [4.78, 5) is 23.1. The van der Waals surface area contributed by atoms with Gasteiger partial charge in [0.25, 0.3) is 5.91 Å². The number of benzene rings is 1. The molecule has 1 amide bonds. The third kappa shape index (κ3) is 5.45. The monoisotopic (exact) mass is 343 g/mol. The van der Waals surface area contributed by atoms with Gasteiger partial charge in [-0.3, -0.25) is 4.79 Å². The molecule has 0 radical (unpaired) electrons. The fourth-order valence-electron chi connectivity index (χ4n) is 2.24. The van der Waals surface area contributed by atoms with E-state index in [0.717, 1.165) is 5.71 Å². The molecule has 6 nitrogen and oxygen atoms in total. The Hall–Kier alpha value is -2.63. The highest BCUT2D eigenvalue weighted by Crippen LogP contribution is 2.28. The lowest BCUT2D eigenvalue weighted by molar-refractivity contribution is -0.114. The highest BCUT2D eigenvalue weighted by molar-refractivity contribution is 6.45. The van der Waals surface area contributed by atoms with E-state index in [1.807, 2.05) is 30.3 Å². The standard InChI is InChI=1S/C19H25N3O3/c1-5-11-24-22-17(14-9-7-6-8-10-14)18(23)20-13-15-12-16(25-21-15)19(2,3)4/h5-10,16H,1,11-13H2,2-4H3,(H,20,23)/b22-17+. The van der Waals surface area contributed by atoms with Gasteiger partial charge in [0.05, 0.1) is 12.3 Å². The second-order valence-electron chi connectivity index (χ2n) is 6.89. The van der Waals surface area contributed by atoms with E-state index in [4.69, 9.17) is 9.68 Å². The molecule has 0 fully saturated rings. The van der Waals surface area contributed by atoms with E-state index in [1.54, 1.807) is 6.08 Å². The smallest absolute Gasteiger partial charge is 0.274 e. The van der Waals surface area contributed by atoms with Crippen LogP contribution in [0.4, 0.5) is 0 Å². The van der Waals surface area contributed by atoms with Crippen LogP contribution in [0.1, 0.15) is 32.8 Å². The summed E-state index contributed by atoms with van der Waals surface area (Å²) in [6.07, 6.45) is 2.30. The lowest BCUT2D eigenvalue weighted by atomic mass is 9.86. The first kappa shape index (κ1) is 18.7. The van der Waals surface area contributed by atoms with Crippen molar-refractivity contribution in [2.75, 3.05) is 13.2 Å². The Kier molecular flexibility index (Phi) is 6.33. The molecule has 0 bridgehead atoms. The third-order valence-corrected chi connectivity index (χ3v) is 3.76. The predicted molar refractivity (Wildman–Crippen MR) is 98.5 cm³/mol. The van der Waals surface area contributed by atoms with Crippen LogP contribution in [0, 0.1) is 5.41 Å². The van der Waals surface area contributed by atoms with E-state index in [-0.39, 0.29) is 29.7 Å². The van der Waals surface area contributed by atoms with Crippen LogP contribution in [0.3, 0.4) is 0 Å². The van der Waals surface area contributed by atoms with Gasteiger partial charge in [0.15, 0.2) is 5.71 Å². The summed E-state index contributed by atoms with van der Waals surface area (Å²) >= 11 is 0. The largest absolute Gasteiger partial charge is 0.392 e. The lowest BCUT2D eigenvalue weighted by Gasteiger charge is -2.23. The highest BCUT2D eigenvalue weighted by Gasteiger charge is 2.32. The van der Waals surface area contributed by atoms with Crippen LogP contribution >= 0.6 is 0 Å². The molecule has 6 heteroatoms. The van der Waals surface area contributed by atoms with Crippen LogP contribution in [0.25, 0.3) is 0 Å². The van der Waals surface area contributed by atoms with Crippen molar-refractivity contribution in [3.05, 3.63) is 48.6 Å². The van der Waals surface area contributed by atoms with Crippen LogP contribution in [0.5, 0.6) is 0 Å². The van der Waals surface area contributed by atoms with E-state index in [9.17, 15) is 4.79 Å². The van der Waals surface area contributed by atoms with Crippen molar-refractivity contribution >= 4 is 17.3 Å². The summed E-state index contributed by atoms with van der Waals surface area (Å²) in [6, 6.07) is 9.17. The Morgan fingerprint density at radius 1 is 1.44 bits per heavy atom. The first-order chi connectivity index (χ1) is 11.9. The first-order valence-electron chi connectivity index (χ1n) is 8.28. The van der Waals surface area contributed by atoms with Crippen LogP contribution in [-0.4, -0.2) is 36.6 Å². The summed E-state index contributed by atoms with van der Waals surface area (Å²) in [6.45, 7) is 10.4. The maximum atomic E-state index is 12.5. The van der Waals surface area contributed by atoms with Crippen LogP contribution < -0.4 is 5.32 Å². The minimum absolute atomic E-state index is 0.00441. The normalized spacial score (nSPS) is 17.5. The summed E-state index contributed by atoms with van der Waals surface area (Å²) in [5.41, 5.74) is 1.72. The number of rotatable bonds is 7. The molecule has 1 aromatic carbocycles. The number of amides is 1. The lowest BCUT2D eigenvalue weighted by Crippen LogP contribution is -2.36. The Morgan fingerprint density at radius 3 is 2.76 bits per heavy atom. The summed E-state index contributed by atoms with van der Waals surface area (Å²) in [5.74, 6) is -0.322. The van der Waals surface area contributed by atoms with Crippen molar-refractivity contribution in [3.8, 4) is 0 Å². The molecule has 0 aromatic heterocycles. The topological polar surface area (TPSA) is 72.3 Å². The van der Waals surface area contributed by atoms with Gasteiger partial charge < -0.3 is 15.0 Å². The van der Waals surface area contributed by atoms with E-state index in [2.05, 4.69) is 43.0 Å². The number of carbonyl (C=O) groups excluding carboxylic acids is 1. The molecule has 1 N–H and O–H groups in total.